The van der Waals surface area contributed by atoms with Gasteiger partial charge in [0.2, 0.25) is 0 Å². The van der Waals surface area contributed by atoms with Gasteiger partial charge < -0.3 is 4.74 Å². The van der Waals surface area contributed by atoms with Crippen molar-refractivity contribution in [3.63, 3.8) is 0 Å². The monoisotopic (exact) mass is 173 g/mol. The summed E-state index contributed by atoms with van der Waals surface area (Å²) in [6.45, 7) is 9.78. The predicted molar refractivity (Wildman–Crippen MR) is 53.5 cm³/mol. The zero-order valence-corrected chi connectivity index (χ0v) is 8.97. The summed E-state index contributed by atoms with van der Waals surface area (Å²) in [7, 11) is 1.76. The molecule has 0 unspecified atom stereocenters. The van der Waals surface area contributed by atoms with Crippen LogP contribution in [0.2, 0.25) is 0 Å². The highest BCUT2D eigenvalue weighted by molar-refractivity contribution is 4.66. The maximum absolute atomic E-state index is 5.07. The first-order valence-electron chi connectivity index (χ1n) is 5.03. The van der Waals surface area contributed by atoms with E-state index in [1.54, 1.807) is 7.11 Å². The molecule has 0 saturated carbocycles. The zero-order valence-electron chi connectivity index (χ0n) is 8.97. The molecule has 0 heterocycles. The van der Waals surface area contributed by atoms with Crippen molar-refractivity contribution in [1.82, 2.24) is 4.90 Å². The summed E-state index contributed by atoms with van der Waals surface area (Å²) in [5.41, 5.74) is 0. The minimum Gasteiger partial charge on any atom is -0.383 e. The van der Waals surface area contributed by atoms with Gasteiger partial charge in [0.25, 0.3) is 0 Å². The highest BCUT2D eigenvalue weighted by Gasteiger charge is 2.11. The van der Waals surface area contributed by atoms with Crippen LogP contribution in [-0.4, -0.2) is 37.7 Å². The number of hydrogen-bond donors (Lipinski definition) is 0. The fourth-order valence-electron chi connectivity index (χ4n) is 1.61. The van der Waals surface area contributed by atoms with E-state index in [1.165, 1.54) is 12.8 Å². The topological polar surface area (TPSA) is 12.5 Å². The van der Waals surface area contributed by atoms with Crippen molar-refractivity contribution in [2.24, 2.45) is 0 Å². The molecule has 0 aromatic carbocycles. The maximum Gasteiger partial charge on any atom is 0.0589 e. The molecule has 0 aliphatic heterocycles. The van der Waals surface area contributed by atoms with Crippen molar-refractivity contribution in [3.8, 4) is 0 Å². The molecule has 12 heavy (non-hydrogen) atoms. The highest BCUT2D eigenvalue weighted by atomic mass is 16.5. The van der Waals surface area contributed by atoms with E-state index in [1.807, 2.05) is 0 Å². The Balaban J connectivity index is 3.75. The van der Waals surface area contributed by atoms with E-state index in [4.69, 9.17) is 4.74 Å². The van der Waals surface area contributed by atoms with E-state index in [2.05, 4.69) is 25.7 Å². The van der Waals surface area contributed by atoms with Crippen LogP contribution in [-0.2, 0) is 4.74 Å². The SMILES string of the molecule is CCC(CC)N(CC)CCOC. The molecule has 0 spiro atoms. The molecule has 0 N–H and O–H groups in total. The quantitative estimate of drug-likeness (QED) is 0.585. The zero-order chi connectivity index (χ0) is 9.40. The fourth-order valence-corrected chi connectivity index (χ4v) is 1.61. The molecule has 0 atom stereocenters. The highest BCUT2D eigenvalue weighted by Crippen LogP contribution is 2.07. The van der Waals surface area contributed by atoms with Crippen LogP contribution in [0.4, 0.5) is 0 Å². The van der Waals surface area contributed by atoms with E-state index < -0.39 is 0 Å². The lowest BCUT2D eigenvalue weighted by atomic mass is 10.1. The molecular weight excluding hydrogens is 150 g/mol. The first kappa shape index (κ1) is 11.9. The Hall–Kier alpha value is -0.0800. The standard InChI is InChI=1S/C10H23NO/c1-5-10(6-2)11(7-3)8-9-12-4/h10H,5-9H2,1-4H3. The molecule has 0 amide bonds. The largest absolute Gasteiger partial charge is 0.383 e. The lowest BCUT2D eigenvalue weighted by Crippen LogP contribution is -2.36. The van der Waals surface area contributed by atoms with E-state index in [9.17, 15) is 0 Å². The number of ether oxygens (including phenoxy) is 1. The van der Waals surface area contributed by atoms with E-state index in [0.717, 1.165) is 25.7 Å². The van der Waals surface area contributed by atoms with E-state index >= 15 is 0 Å². The Labute approximate surface area is 76.9 Å². The van der Waals surface area contributed by atoms with Crippen molar-refractivity contribution in [2.45, 2.75) is 39.7 Å². The molecule has 2 heteroatoms. The Kier molecular flexibility index (Phi) is 7.51. The van der Waals surface area contributed by atoms with Gasteiger partial charge >= 0.3 is 0 Å². The summed E-state index contributed by atoms with van der Waals surface area (Å²) >= 11 is 0. The Morgan fingerprint density at radius 1 is 1.17 bits per heavy atom. The molecule has 0 radical (unpaired) electrons. The molecule has 0 fully saturated rings. The van der Waals surface area contributed by atoms with Gasteiger partial charge in [0.05, 0.1) is 6.61 Å². The number of rotatable bonds is 7. The molecule has 0 aliphatic rings. The van der Waals surface area contributed by atoms with Crippen LogP contribution >= 0.6 is 0 Å². The summed E-state index contributed by atoms with van der Waals surface area (Å²) in [6.07, 6.45) is 2.49. The molecule has 0 aromatic heterocycles. The van der Waals surface area contributed by atoms with Crippen molar-refractivity contribution in [1.29, 1.82) is 0 Å². The number of likely N-dealkylation sites (N-methyl/N-ethyl adjacent to an activating group) is 1. The van der Waals surface area contributed by atoms with Gasteiger partial charge in [-0.05, 0) is 19.4 Å². The van der Waals surface area contributed by atoms with E-state index in [-0.39, 0.29) is 0 Å². The summed E-state index contributed by atoms with van der Waals surface area (Å²) in [4.78, 5) is 2.49. The minimum atomic E-state index is 0.741. The Morgan fingerprint density at radius 2 is 1.75 bits per heavy atom. The lowest BCUT2D eigenvalue weighted by molar-refractivity contribution is 0.120. The van der Waals surface area contributed by atoms with Gasteiger partial charge in [0.1, 0.15) is 0 Å². The van der Waals surface area contributed by atoms with Crippen LogP contribution in [0.25, 0.3) is 0 Å². The number of hydrogen-bond acceptors (Lipinski definition) is 2. The van der Waals surface area contributed by atoms with Gasteiger partial charge in [-0.15, -0.1) is 0 Å². The average Bonchev–Trinajstić information content (AvgIpc) is 2.12. The Morgan fingerprint density at radius 3 is 2.08 bits per heavy atom. The second-order valence-corrected chi connectivity index (χ2v) is 3.09. The van der Waals surface area contributed by atoms with Crippen molar-refractivity contribution in [2.75, 3.05) is 26.8 Å². The Bertz CT molecular complexity index is 91.8. The van der Waals surface area contributed by atoms with Gasteiger partial charge in [-0.3, -0.25) is 4.90 Å². The third kappa shape index (κ3) is 4.07. The van der Waals surface area contributed by atoms with Gasteiger partial charge in [-0.2, -0.15) is 0 Å². The van der Waals surface area contributed by atoms with Gasteiger partial charge in [-0.25, -0.2) is 0 Å². The molecule has 2 nitrogen and oxygen atoms in total. The van der Waals surface area contributed by atoms with Gasteiger partial charge in [-0.1, -0.05) is 20.8 Å². The lowest BCUT2D eigenvalue weighted by Gasteiger charge is -2.28. The molecule has 74 valence electrons. The van der Waals surface area contributed by atoms with Crippen LogP contribution in [0.15, 0.2) is 0 Å². The van der Waals surface area contributed by atoms with Gasteiger partial charge in [0.15, 0.2) is 0 Å². The van der Waals surface area contributed by atoms with Crippen LogP contribution < -0.4 is 0 Å². The van der Waals surface area contributed by atoms with Crippen LogP contribution in [0.1, 0.15) is 33.6 Å². The predicted octanol–water partition coefficient (Wildman–Crippen LogP) is 2.14. The van der Waals surface area contributed by atoms with Crippen LogP contribution in [0.5, 0.6) is 0 Å². The fraction of sp³-hybridized carbons (Fsp3) is 1.00. The van der Waals surface area contributed by atoms with Crippen LogP contribution in [0, 0.1) is 0 Å². The normalized spacial score (nSPS) is 11.5. The van der Waals surface area contributed by atoms with Gasteiger partial charge in [0, 0.05) is 19.7 Å². The summed E-state index contributed by atoms with van der Waals surface area (Å²) < 4.78 is 5.07. The molecular formula is C10H23NO. The average molecular weight is 173 g/mol. The van der Waals surface area contributed by atoms with Crippen LogP contribution in [0.3, 0.4) is 0 Å². The molecule has 0 bridgehead atoms. The first-order valence-corrected chi connectivity index (χ1v) is 5.03. The van der Waals surface area contributed by atoms with Crippen molar-refractivity contribution < 1.29 is 4.74 Å². The first-order chi connectivity index (χ1) is 5.79. The summed E-state index contributed by atoms with van der Waals surface area (Å²) in [5.74, 6) is 0. The minimum absolute atomic E-state index is 0.741. The smallest absolute Gasteiger partial charge is 0.0589 e. The van der Waals surface area contributed by atoms with Crippen molar-refractivity contribution >= 4 is 0 Å². The number of nitrogens with zero attached hydrogens (tertiary/aromatic N) is 1. The number of methoxy groups -OCH3 is 1. The van der Waals surface area contributed by atoms with E-state index in [0.29, 0.717) is 0 Å². The molecule has 0 saturated heterocycles. The molecule has 0 aliphatic carbocycles. The maximum atomic E-state index is 5.07. The second-order valence-electron chi connectivity index (χ2n) is 3.09. The third-order valence-electron chi connectivity index (χ3n) is 2.45. The molecule has 0 rings (SSSR count). The summed E-state index contributed by atoms with van der Waals surface area (Å²) in [5, 5.41) is 0. The summed E-state index contributed by atoms with van der Waals surface area (Å²) in [6, 6.07) is 0.741. The third-order valence-corrected chi connectivity index (χ3v) is 2.45. The second kappa shape index (κ2) is 7.56. The van der Waals surface area contributed by atoms with Crippen molar-refractivity contribution in [3.05, 3.63) is 0 Å². The molecule has 0 aromatic rings.